The van der Waals surface area contributed by atoms with Gasteiger partial charge in [-0.15, -0.1) is 0 Å². The summed E-state index contributed by atoms with van der Waals surface area (Å²) in [6.45, 7) is 12.6. The summed E-state index contributed by atoms with van der Waals surface area (Å²) in [5, 5.41) is -0.295. The summed E-state index contributed by atoms with van der Waals surface area (Å²) < 4.78 is 29.5. The zero-order valence-electron chi connectivity index (χ0n) is 17.4. The molecule has 0 aliphatic heterocycles. The van der Waals surface area contributed by atoms with Crippen LogP contribution in [-0.4, -0.2) is 44.7 Å². The molecule has 2 heterocycles. The number of imidazole rings is 2. The SMILES string of the molecule is CCn1ccnc1CN(C)Cc1cnc(S(=O)(=O)C(C)C)n1CCC(C)C. The molecule has 2 rings (SSSR count). The minimum atomic E-state index is -3.41. The lowest BCUT2D eigenvalue weighted by molar-refractivity contribution is 0.293. The maximum absolute atomic E-state index is 12.7. The largest absolute Gasteiger partial charge is 0.334 e. The van der Waals surface area contributed by atoms with E-state index in [2.05, 4.69) is 40.2 Å². The van der Waals surface area contributed by atoms with E-state index >= 15 is 0 Å². The lowest BCUT2D eigenvalue weighted by atomic mass is 10.1. The second-order valence-corrected chi connectivity index (χ2v) is 10.2. The number of rotatable bonds is 10. The highest BCUT2D eigenvalue weighted by Crippen LogP contribution is 2.20. The molecule has 0 radical (unpaired) electrons. The molecule has 27 heavy (non-hydrogen) atoms. The van der Waals surface area contributed by atoms with E-state index in [4.69, 9.17) is 0 Å². The molecule has 0 aliphatic carbocycles. The van der Waals surface area contributed by atoms with Crippen LogP contribution in [0.3, 0.4) is 0 Å². The van der Waals surface area contributed by atoms with Crippen LogP contribution in [0.1, 0.15) is 52.6 Å². The van der Waals surface area contributed by atoms with Gasteiger partial charge in [0.15, 0.2) is 0 Å². The van der Waals surface area contributed by atoms with Crippen molar-refractivity contribution in [2.45, 2.75) is 77.6 Å². The monoisotopic (exact) mass is 395 g/mol. The van der Waals surface area contributed by atoms with Crippen molar-refractivity contribution < 1.29 is 8.42 Å². The molecular formula is C19H33N5O2S. The number of hydrogen-bond donors (Lipinski definition) is 0. The Morgan fingerprint density at radius 3 is 2.44 bits per heavy atom. The maximum atomic E-state index is 12.7. The number of aryl methyl sites for hydroxylation is 1. The highest BCUT2D eigenvalue weighted by molar-refractivity contribution is 7.91. The van der Waals surface area contributed by atoms with Crippen molar-refractivity contribution in [3.8, 4) is 0 Å². The van der Waals surface area contributed by atoms with Crippen LogP contribution >= 0.6 is 0 Å². The molecule has 0 spiro atoms. The summed E-state index contributed by atoms with van der Waals surface area (Å²) in [7, 11) is -1.40. The van der Waals surface area contributed by atoms with Gasteiger partial charge in [0.2, 0.25) is 15.0 Å². The first-order valence-corrected chi connectivity index (χ1v) is 11.2. The molecule has 0 N–H and O–H groups in total. The van der Waals surface area contributed by atoms with Crippen LogP contribution in [-0.2, 0) is 36.0 Å². The average Bonchev–Trinajstić information content (AvgIpc) is 3.19. The first kappa shape index (κ1) is 21.6. The highest BCUT2D eigenvalue weighted by atomic mass is 32.2. The normalized spacial score (nSPS) is 12.6. The Labute approximate surface area is 163 Å². The zero-order valence-corrected chi connectivity index (χ0v) is 18.2. The van der Waals surface area contributed by atoms with E-state index < -0.39 is 15.1 Å². The Bertz CT molecular complexity index is 836. The Kier molecular flexibility index (Phi) is 7.22. The molecule has 152 valence electrons. The average molecular weight is 396 g/mol. The third kappa shape index (κ3) is 5.19. The van der Waals surface area contributed by atoms with Gasteiger partial charge in [-0.05, 0) is 40.2 Å². The molecule has 0 amide bonds. The number of hydrogen-bond acceptors (Lipinski definition) is 5. The van der Waals surface area contributed by atoms with Crippen LogP contribution in [0.2, 0.25) is 0 Å². The number of aromatic nitrogens is 4. The summed E-state index contributed by atoms with van der Waals surface area (Å²) in [6.07, 6.45) is 6.41. The van der Waals surface area contributed by atoms with Crippen LogP contribution in [0.15, 0.2) is 23.7 Å². The van der Waals surface area contributed by atoms with E-state index in [1.165, 1.54) is 0 Å². The minimum absolute atomic E-state index is 0.191. The molecule has 0 saturated carbocycles. The summed E-state index contributed by atoms with van der Waals surface area (Å²) in [4.78, 5) is 10.9. The van der Waals surface area contributed by atoms with E-state index in [9.17, 15) is 8.42 Å². The smallest absolute Gasteiger partial charge is 0.228 e. The van der Waals surface area contributed by atoms with E-state index in [1.807, 2.05) is 24.0 Å². The van der Waals surface area contributed by atoms with Gasteiger partial charge in [0, 0.05) is 32.0 Å². The van der Waals surface area contributed by atoms with Gasteiger partial charge in [0.05, 0.1) is 23.7 Å². The van der Waals surface area contributed by atoms with Crippen LogP contribution in [0.5, 0.6) is 0 Å². The van der Waals surface area contributed by atoms with Crippen molar-refractivity contribution >= 4 is 9.84 Å². The van der Waals surface area contributed by atoms with Gasteiger partial charge >= 0.3 is 0 Å². The second kappa shape index (κ2) is 9.01. The molecule has 7 nitrogen and oxygen atoms in total. The van der Waals surface area contributed by atoms with Crippen molar-refractivity contribution in [1.82, 2.24) is 24.0 Å². The standard InChI is InChI=1S/C19H33N5O2S/c1-7-23-11-9-20-18(23)14-22(6)13-17-12-21-19(27(25,26)16(4)5)24(17)10-8-15(2)3/h9,11-12,15-16H,7-8,10,13-14H2,1-6H3. The minimum Gasteiger partial charge on any atom is -0.334 e. The lowest BCUT2D eigenvalue weighted by Gasteiger charge is -2.19. The quantitative estimate of drug-likeness (QED) is 0.618. The fraction of sp³-hybridized carbons (Fsp3) is 0.684. The Morgan fingerprint density at radius 2 is 1.85 bits per heavy atom. The number of sulfone groups is 1. The molecular weight excluding hydrogens is 362 g/mol. The Balaban J connectivity index is 2.26. The molecule has 0 bridgehead atoms. The van der Waals surface area contributed by atoms with Gasteiger partial charge in [-0.1, -0.05) is 13.8 Å². The van der Waals surface area contributed by atoms with Crippen molar-refractivity contribution in [1.29, 1.82) is 0 Å². The van der Waals surface area contributed by atoms with Gasteiger partial charge in [0.25, 0.3) is 0 Å². The molecule has 0 atom stereocenters. The predicted octanol–water partition coefficient (Wildman–Crippen LogP) is 2.96. The molecule has 0 aromatic carbocycles. The number of nitrogens with zero attached hydrogens (tertiary/aromatic N) is 5. The zero-order chi connectivity index (χ0) is 20.2. The van der Waals surface area contributed by atoms with Crippen LogP contribution < -0.4 is 0 Å². The summed E-state index contributed by atoms with van der Waals surface area (Å²) in [5.41, 5.74) is 0.923. The van der Waals surface area contributed by atoms with Gasteiger partial charge in [-0.3, -0.25) is 4.90 Å². The van der Waals surface area contributed by atoms with E-state index in [-0.39, 0.29) is 5.16 Å². The van der Waals surface area contributed by atoms with Crippen molar-refractivity contribution in [2.24, 2.45) is 5.92 Å². The van der Waals surface area contributed by atoms with Crippen LogP contribution in [0.25, 0.3) is 0 Å². The topological polar surface area (TPSA) is 73.0 Å². The van der Waals surface area contributed by atoms with Crippen molar-refractivity contribution in [2.75, 3.05) is 7.05 Å². The van der Waals surface area contributed by atoms with Crippen molar-refractivity contribution in [3.05, 3.63) is 30.1 Å². The van der Waals surface area contributed by atoms with Crippen LogP contribution in [0.4, 0.5) is 0 Å². The van der Waals surface area contributed by atoms with Gasteiger partial charge < -0.3 is 9.13 Å². The summed E-state index contributed by atoms with van der Waals surface area (Å²) >= 11 is 0. The third-order valence-corrected chi connectivity index (χ3v) is 6.77. The fourth-order valence-corrected chi connectivity index (χ4v) is 4.07. The first-order chi connectivity index (χ1) is 12.7. The summed E-state index contributed by atoms with van der Waals surface area (Å²) in [5.74, 6) is 1.49. The van der Waals surface area contributed by atoms with E-state index in [1.54, 1.807) is 20.0 Å². The van der Waals surface area contributed by atoms with Gasteiger partial charge in [-0.25, -0.2) is 18.4 Å². The van der Waals surface area contributed by atoms with Crippen molar-refractivity contribution in [3.63, 3.8) is 0 Å². The molecule has 8 heteroatoms. The maximum Gasteiger partial charge on any atom is 0.228 e. The molecule has 0 unspecified atom stereocenters. The third-order valence-electron chi connectivity index (χ3n) is 4.69. The Morgan fingerprint density at radius 1 is 1.15 bits per heavy atom. The second-order valence-electron chi connectivity index (χ2n) is 7.76. The Hall–Kier alpha value is -1.67. The lowest BCUT2D eigenvalue weighted by Crippen LogP contribution is -2.24. The fourth-order valence-electron chi connectivity index (χ4n) is 2.94. The van der Waals surface area contributed by atoms with Gasteiger partial charge in [-0.2, -0.15) is 0 Å². The molecule has 0 fully saturated rings. The van der Waals surface area contributed by atoms with Gasteiger partial charge in [0.1, 0.15) is 5.82 Å². The first-order valence-electron chi connectivity index (χ1n) is 9.63. The molecule has 0 saturated heterocycles. The molecule has 2 aromatic rings. The van der Waals surface area contributed by atoms with Crippen LogP contribution in [0, 0.1) is 5.92 Å². The molecule has 2 aromatic heterocycles. The van der Waals surface area contributed by atoms with E-state index in [0.29, 0.717) is 25.6 Å². The predicted molar refractivity (Wildman–Crippen MR) is 107 cm³/mol. The molecule has 0 aliphatic rings. The highest BCUT2D eigenvalue weighted by Gasteiger charge is 2.27. The van der Waals surface area contributed by atoms with E-state index in [0.717, 1.165) is 24.5 Å². The summed E-state index contributed by atoms with van der Waals surface area (Å²) in [6, 6.07) is 0.